The summed E-state index contributed by atoms with van der Waals surface area (Å²) < 4.78 is 0. The van der Waals surface area contributed by atoms with Crippen LogP contribution in [0.1, 0.15) is 41.9 Å². The molecule has 1 aliphatic heterocycles. The lowest BCUT2D eigenvalue weighted by molar-refractivity contribution is -0.121. The number of thiophene rings is 1. The average Bonchev–Trinajstić information content (AvgIpc) is 3.22. The Morgan fingerprint density at radius 2 is 1.67 bits per heavy atom. The second-order valence-corrected chi connectivity index (χ2v) is 8.20. The molecule has 2 amide bonds. The summed E-state index contributed by atoms with van der Waals surface area (Å²) in [7, 11) is 0. The van der Waals surface area contributed by atoms with Gasteiger partial charge in [-0.3, -0.25) is 14.5 Å². The minimum absolute atomic E-state index is 0.00895. The molecule has 1 N–H and O–H groups in total. The number of rotatable bonds is 5. The highest BCUT2D eigenvalue weighted by atomic mass is 32.1. The topological polar surface area (TPSA) is 52.7 Å². The Labute approximate surface area is 165 Å². The highest BCUT2D eigenvalue weighted by Gasteiger charge is 2.28. The van der Waals surface area contributed by atoms with Crippen LogP contribution in [0.4, 0.5) is 5.69 Å². The fraction of sp³-hybridized carbons (Fsp3) is 0.429. The number of hydrogen-bond donors (Lipinski definition) is 1. The number of hydrogen-bond acceptors (Lipinski definition) is 4. The van der Waals surface area contributed by atoms with E-state index in [4.69, 9.17) is 0 Å². The first-order valence-electron chi connectivity index (χ1n) is 9.43. The van der Waals surface area contributed by atoms with Crippen molar-refractivity contribution < 1.29 is 9.59 Å². The Balaban J connectivity index is 1.51. The number of carbonyl (C=O) groups is 2. The van der Waals surface area contributed by atoms with E-state index >= 15 is 0 Å². The second-order valence-electron chi connectivity index (χ2n) is 7.25. The molecule has 1 unspecified atom stereocenters. The molecule has 1 aromatic heterocycles. The van der Waals surface area contributed by atoms with Gasteiger partial charge in [-0.25, -0.2) is 0 Å². The molecule has 1 atom stereocenters. The fourth-order valence-electron chi connectivity index (χ4n) is 3.23. The molecule has 0 saturated carbocycles. The normalized spacial score (nSPS) is 16.4. The van der Waals surface area contributed by atoms with E-state index in [9.17, 15) is 9.59 Å². The Kier molecular flexibility index (Phi) is 6.29. The second kappa shape index (κ2) is 8.67. The first-order valence-corrected chi connectivity index (χ1v) is 10.3. The van der Waals surface area contributed by atoms with E-state index in [0.717, 1.165) is 10.6 Å². The SMILES string of the molecule is CC(C)c1ccc(NC(=O)C(C)N2CCN(C(=O)c3cccs3)CC2)cc1. The molecule has 0 aliphatic carbocycles. The zero-order valence-corrected chi connectivity index (χ0v) is 17.0. The highest BCUT2D eigenvalue weighted by molar-refractivity contribution is 7.12. The van der Waals surface area contributed by atoms with Crippen LogP contribution in [-0.2, 0) is 4.79 Å². The van der Waals surface area contributed by atoms with Crippen LogP contribution in [0.2, 0.25) is 0 Å². The van der Waals surface area contributed by atoms with Crippen molar-refractivity contribution >= 4 is 28.8 Å². The Hall–Kier alpha value is -2.18. The van der Waals surface area contributed by atoms with E-state index < -0.39 is 0 Å². The quantitative estimate of drug-likeness (QED) is 0.855. The number of nitrogens with one attached hydrogen (secondary N) is 1. The molecule has 144 valence electrons. The molecule has 1 aliphatic rings. The molecule has 0 radical (unpaired) electrons. The van der Waals surface area contributed by atoms with Crippen molar-refractivity contribution in [3.63, 3.8) is 0 Å². The van der Waals surface area contributed by atoms with Crippen molar-refractivity contribution in [2.45, 2.75) is 32.7 Å². The number of carbonyl (C=O) groups excluding carboxylic acids is 2. The van der Waals surface area contributed by atoms with Crippen LogP contribution in [-0.4, -0.2) is 53.8 Å². The molecule has 6 heteroatoms. The number of benzene rings is 1. The molecule has 27 heavy (non-hydrogen) atoms. The van der Waals surface area contributed by atoms with E-state index in [1.54, 1.807) is 0 Å². The van der Waals surface area contributed by atoms with E-state index in [0.29, 0.717) is 32.1 Å². The molecule has 0 bridgehead atoms. The predicted octanol–water partition coefficient (Wildman–Crippen LogP) is 3.66. The molecule has 5 nitrogen and oxygen atoms in total. The molecule has 0 spiro atoms. The lowest BCUT2D eigenvalue weighted by atomic mass is 10.0. The number of amides is 2. The van der Waals surface area contributed by atoms with Gasteiger partial charge in [-0.15, -0.1) is 11.3 Å². The number of nitrogens with zero attached hydrogens (tertiary/aromatic N) is 2. The zero-order valence-electron chi connectivity index (χ0n) is 16.1. The first-order chi connectivity index (χ1) is 13.0. The van der Waals surface area contributed by atoms with Crippen molar-refractivity contribution in [1.29, 1.82) is 0 Å². The largest absolute Gasteiger partial charge is 0.335 e. The minimum Gasteiger partial charge on any atom is -0.335 e. The Bertz CT molecular complexity index is 763. The summed E-state index contributed by atoms with van der Waals surface area (Å²) in [4.78, 5) is 29.8. The van der Waals surface area contributed by atoms with Crippen molar-refractivity contribution in [2.24, 2.45) is 0 Å². The van der Waals surface area contributed by atoms with Crippen LogP contribution in [0.5, 0.6) is 0 Å². The maximum atomic E-state index is 12.6. The third-order valence-electron chi connectivity index (χ3n) is 5.11. The van der Waals surface area contributed by atoms with Gasteiger partial charge in [0, 0.05) is 31.9 Å². The standard InChI is InChI=1S/C21H27N3O2S/c1-15(2)17-6-8-18(9-7-17)22-20(25)16(3)23-10-12-24(13-11-23)21(26)19-5-4-14-27-19/h4-9,14-16H,10-13H2,1-3H3,(H,22,25). The van der Waals surface area contributed by atoms with Crippen LogP contribution >= 0.6 is 11.3 Å². The summed E-state index contributed by atoms with van der Waals surface area (Å²) in [6.45, 7) is 8.94. The Morgan fingerprint density at radius 3 is 2.22 bits per heavy atom. The van der Waals surface area contributed by atoms with Crippen LogP contribution < -0.4 is 5.32 Å². The summed E-state index contributed by atoms with van der Waals surface area (Å²) >= 11 is 1.47. The molecule has 1 fully saturated rings. The van der Waals surface area contributed by atoms with Crippen LogP contribution in [0.3, 0.4) is 0 Å². The molecule has 2 aromatic rings. The summed E-state index contributed by atoms with van der Waals surface area (Å²) in [5, 5.41) is 4.92. The highest BCUT2D eigenvalue weighted by Crippen LogP contribution is 2.18. The third kappa shape index (κ3) is 4.76. The van der Waals surface area contributed by atoms with E-state index in [2.05, 4.69) is 36.2 Å². The van der Waals surface area contributed by atoms with Gasteiger partial charge in [-0.1, -0.05) is 32.0 Å². The van der Waals surface area contributed by atoms with Gasteiger partial charge in [0.05, 0.1) is 10.9 Å². The van der Waals surface area contributed by atoms with Gasteiger partial charge in [-0.2, -0.15) is 0 Å². The minimum atomic E-state index is -0.228. The predicted molar refractivity (Wildman–Crippen MR) is 110 cm³/mol. The Morgan fingerprint density at radius 1 is 1.00 bits per heavy atom. The fourth-order valence-corrected chi connectivity index (χ4v) is 3.92. The van der Waals surface area contributed by atoms with E-state index in [1.807, 2.05) is 41.5 Å². The first kappa shape index (κ1) is 19.6. The molecule has 1 saturated heterocycles. The van der Waals surface area contributed by atoms with Crippen molar-refractivity contribution in [2.75, 3.05) is 31.5 Å². The van der Waals surface area contributed by atoms with Crippen LogP contribution in [0.25, 0.3) is 0 Å². The number of piperazine rings is 1. The van der Waals surface area contributed by atoms with E-state index in [-0.39, 0.29) is 17.9 Å². The molecule has 1 aromatic carbocycles. The summed E-state index contributed by atoms with van der Waals surface area (Å²) in [5.41, 5.74) is 2.08. The van der Waals surface area contributed by atoms with Gasteiger partial charge in [0.25, 0.3) is 5.91 Å². The monoisotopic (exact) mass is 385 g/mol. The van der Waals surface area contributed by atoms with E-state index in [1.165, 1.54) is 16.9 Å². The molecule has 3 rings (SSSR count). The molecular formula is C21H27N3O2S. The average molecular weight is 386 g/mol. The van der Waals surface area contributed by atoms with Crippen molar-refractivity contribution in [3.05, 3.63) is 52.2 Å². The maximum absolute atomic E-state index is 12.6. The lowest BCUT2D eigenvalue weighted by Crippen LogP contribution is -2.53. The van der Waals surface area contributed by atoms with Gasteiger partial charge in [0.15, 0.2) is 0 Å². The summed E-state index contributed by atoms with van der Waals surface area (Å²) in [5.74, 6) is 0.555. The number of anilines is 1. The zero-order chi connectivity index (χ0) is 19.4. The maximum Gasteiger partial charge on any atom is 0.264 e. The smallest absolute Gasteiger partial charge is 0.264 e. The van der Waals surface area contributed by atoms with Gasteiger partial charge in [0.1, 0.15) is 0 Å². The van der Waals surface area contributed by atoms with Gasteiger partial charge < -0.3 is 10.2 Å². The van der Waals surface area contributed by atoms with Gasteiger partial charge in [-0.05, 0) is 42.0 Å². The van der Waals surface area contributed by atoms with Crippen LogP contribution in [0, 0.1) is 0 Å². The van der Waals surface area contributed by atoms with Gasteiger partial charge >= 0.3 is 0 Å². The lowest BCUT2D eigenvalue weighted by Gasteiger charge is -2.37. The summed E-state index contributed by atoms with van der Waals surface area (Å²) in [6.07, 6.45) is 0. The van der Waals surface area contributed by atoms with Crippen molar-refractivity contribution in [1.82, 2.24) is 9.80 Å². The third-order valence-corrected chi connectivity index (χ3v) is 5.96. The summed E-state index contributed by atoms with van der Waals surface area (Å²) in [6, 6.07) is 11.6. The van der Waals surface area contributed by atoms with Gasteiger partial charge in [0.2, 0.25) is 5.91 Å². The van der Waals surface area contributed by atoms with Crippen LogP contribution in [0.15, 0.2) is 41.8 Å². The molecular weight excluding hydrogens is 358 g/mol. The van der Waals surface area contributed by atoms with Crippen molar-refractivity contribution in [3.8, 4) is 0 Å². The molecule has 2 heterocycles.